The van der Waals surface area contributed by atoms with Crippen molar-refractivity contribution in [2.75, 3.05) is 32.8 Å². The zero-order valence-corrected chi connectivity index (χ0v) is 23.5. The molecule has 2 saturated heterocycles. The lowest BCUT2D eigenvalue weighted by Crippen LogP contribution is -2.53. The summed E-state index contributed by atoms with van der Waals surface area (Å²) < 4.78 is 37.3. The number of piperidine rings is 1. The summed E-state index contributed by atoms with van der Waals surface area (Å²) in [5.74, 6) is -1.71. The second kappa shape index (κ2) is 12.5. The van der Waals surface area contributed by atoms with E-state index < -0.39 is 35.1 Å². The van der Waals surface area contributed by atoms with Crippen LogP contribution in [0.1, 0.15) is 69.4 Å². The molecule has 2 fully saturated rings. The second-order valence-electron chi connectivity index (χ2n) is 11.3. The number of alkyl halides is 2. The molecule has 3 atom stereocenters. The van der Waals surface area contributed by atoms with Crippen molar-refractivity contribution < 1.29 is 23.1 Å². The van der Waals surface area contributed by atoms with Crippen LogP contribution < -0.4 is 10.5 Å². The van der Waals surface area contributed by atoms with Gasteiger partial charge in [-0.05, 0) is 81.3 Å². The van der Waals surface area contributed by atoms with Crippen LogP contribution >= 0.6 is 0 Å². The first kappa shape index (κ1) is 29.7. The molecular weight excluding hydrogens is 514 g/mol. The van der Waals surface area contributed by atoms with Crippen molar-refractivity contribution in [2.45, 2.75) is 75.7 Å². The van der Waals surface area contributed by atoms with Crippen molar-refractivity contribution in [1.29, 1.82) is 5.26 Å². The van der Waals surface area contributed by atoms with E-state index in [1.165, 1.54) is 17.1 Å². The lowest BCUT2D eigenvalue weighted by atomic mass is 9.79. The van der Waals surface area contributed by atoms with E-state index in [4.69, 9.17) is 10.5 Å². The Balaban J connectivity index is 1.42. The molecule has 2 N–H and O–H groups in total. The summed E-state index contributed by atoms with van der Waals surface area (Å²) in [6, 6.07) is 6.23. The van der Waals surface area contributed by atoms with Crippen molar-refractivity contribution in [3.8, 4) is 11.8 Å². The Labute approximate surface area is 235 Å². The molecule has 0 bridgehead atoms. The van der Waals surface area contributed by atoms with E-state index in [1.54, 1.807) is 30.4 Å². The molecule has 1 aromatic carbocycles. The number of carbonyl (C=O) groups excluding carboxylic acids is 2. The minimum absolute atomic E-state index is 0.261. The highest BCUT2D eigenvalue weighted by Crippen LogP contribution is 2.41. The highest BCUT2D eigenvalue weighted by molar-refractivity contribution is 5.94. The molecule has 2 heterocycles. The molecule has 0 saturated carbocycles. The first-order chi connectivity index (χ1) is 19.1. The molecule has 0 radical (unpaired) electrons. The summed E-state index contributed by atoms with van der Waals surface area (Å²) in [6.45, 7) is 6.56. The molecule has 2 aliphatic heterocycles. The molecule has 9 heteroatoms. The normalized spacial score (nSPS) is 25.6. The van der Waals surface area contributed by atoms with Crippen LogP contribution in [0.3, 0.4) is 0 Å². The summed E-state index contributed by atoms with van der Waals surface area (Å²) in [4.78, 5) is 28.7. The summed E-state index contributed by atoms with van der Waals surface area (Å²) in [7, 11) is 0. The fourth-order valence-corrected chi connectivity index (χ4v) is 6.05. The third-order valence-corrected chi connectivity index (χ3v) is 8.82. The van der Waals surface area contributed by atoms with Gasteiger partial charge in [-0.25, -0.2) is 8.78 Å². The highest BCUT2D eigenvalue weighted by Gasteiger charge is 2.50. The van der Waals surface area contributed by atoms with E-state index in [0.717, 1.165) is 25.9 Å². The second-order valence-corrected chi connectivity index (χ2v) is 11.3. The van der Waals surface area contributed by atoms with Gasteiger partial charge in [0.15, 0.2) is 0 Å². The van der Waals surface area contributed by atoms with Crippen LogP contribution in [0.5, 0.6) is 5.75 Å². The lowest BCUT2D eigenvalue weighted by molar-refractivity contribution is -0.145. The van der Waals surface area contributed by atoms with Crippen molar-refractivity contribution in [3.05, 3.63) is 53.6 Å². The average Bonchev–Trinajstić information content (AvgIpc) is 3.47. The van der Waals surface area contributed by atoms with Gasteiger partial charge >= 0.3 is 0 Å². The molecule has 4 rings (SSSR count). The Morgan fingerprint density at radius 3 is 2.55 bits per heavy atom. The van der Waals surface area contributed by atoms with Gasteiger partial charge in [0.05, 0.1) is 12.2 Å². The Morgan fingerprint density at radius 2 is 1.90 bits per heavy atom. The van der Waals surface area contributed by atoms with Gasteiger partial charge in [0.25, 0.3) is 5.91 Å². The van der Waals surface area contributed by atoms with Crippen molar-refractivity contribution in [1.82, 2.24) is 9.80 Å². The molecule has 0 spiro atoms. The highest BCUT2D eigenvalue weighted by atomic mass is 19.1. The first-order valence-electron chi connectivity index (χ1n) is 14.4. The Morgan fingerprint density at radius 1 is 1.18 bits per heavy atom. The quantitative estimate of drug-likeness (QED) is 0.457. The number of ether oxygens (including phenoxy) is 1. The molecule has 3 aliphatic rings. The smallest absolute Gasteiger partial charge is 0.265 e. The summed E-state index contributed by atoms with van der Waals surface area (Å²) in [6.07, 6.45) is 9.76. The average molecular weight is 555 g/mol. The van der Waals surface area contributed by atoms with Crippen LogP contribution in [0.15, 0.2) is 42.5 Å². The third-order valence-electron chi connectivity index (χ3n) is 8.82. The number of rotatable bonds is 10. The molecule has 1 aliphatic carbocycles. The maximum atomic E-state index is 16.5. The van der Waals surface area contributed by atoms with Gasteiger partial charge in [0.2, 0.25) is 11.6 Å². The minimum Gasteiger partial charge on any atom is -0.492 e. The van der Waals surface area contributed by atoms with Crippen LogP contribution in [-0.2, 0) is 9.59 Å². The molecule has 1 aromatic rings. The van der Waals surface area contributed by atoms with Gasteiger partial charge < -0.3 is 20.3 Å². The van der Waals surface area contributed by atoms with E-state index in [1.807, 2.05) is 13.8 Å². The zero-order valence-electron chi connectivity index (χ0n) is 23.5. The fraction of sp³-hybridized carbons (Fsp3) is 0.581. The number of benzene rings is 1. The number of hydrogen-bond acceptors (Lipinski definition) is 5. The minimum atomic E-state index is -2.41. The van der Waals surface area contributed by atoms with E-state index in [0.29, 0.717) is 56.1 Å². The predicted molar refractivity (Wildman–Crippen MR) is 149 cm³/mol. The molecule has 0 aromatic heterocycles. The van der Waals surface area contributed by atoms with Crippen LogP contribution in [0, 0.1) is 17.2 Å². The van der Waals surface area contributed by atoms with Crippen LogP contribution in [-0.4, -0.2) is 71.8 Å². The maximum absolute atomic E-state index is 16.5. The SMILES string of the molecule is CCC(F)(CC)CN1CCC(COc2ccc(C3C=CC=CC3(F)C(=O)N3CCCC3C(N)=O)cc2C#N)CC1. The van der Waals surface area contributed by atoms with Crippen LogP contribution in [0.2, 0.25) is 0 Å². The van der Waals surface area contributed by atoms with E-state index >= 15 is 4.39 Å². The largest absolute Gasteiger partial charge is 0.492 e. The number of carbonyl (C=O) groups is 2. The molecule has 2 amide bonds. The van der Waals surface area contributed by atoms with Gasteiger partial charge in [0.1, 0.15) is 23.5 Å². The molecule has 3 unspecified atom stereocenters. The Hall–Kier alpha value is -3.25. The Kier molecular flexibility index (Phi) is 9.29. The van der Waals surface area contributed by atoms with E-state index in [-0.39, 0.29) is 12.1 Å². The van der Waals surface area contributed by atoms with Gasteiger partial charge in [-0.15, -0.1) is 0 Å². The number of primary amides is 1. The van der Waals surface area contributed by atoms with E-state index in [9.17, 15) is 19.2 Å². The van der Waals surface area contributed by atoms with Crippen LogP contribution in [0.25, 0.3) is 0 Å². The topological polar surface area (TPSA) is 99.7 Å². The molecular formula is C31H40F2N4O3. The number of allylic oxidation sites excluding steroid dienone is 3. The van der Waals surface area contributed by atoms with Gasteiger partial charge in [-0.2, -0.15) is 5.26 Å². The number of likely N-dealkylation sites (tertiary alicyclic amines) is 2. The number of nitrogens with zero attached hydrogens (tertiary/aromatic N) is 3. The zero-order chi connectivity index (χ0) is 28.9. The predicted octanol–water partition coefficient (Wildman–Crippen LogP) is 4.57. The van der Waals surface area contributed by atoms with Crippen molar-refractivity contribution >= 4 is 11.8 Å². The molecule has 216 valence electrons. The number of amides is 2. The van der Waals surface area contributed by atoms with Crippen LogP contribution in [0.4, 0.5) is 8.78 Å². The molecule has 40 heavy (non-hydrogen) atoms. The number of hydrogen-bond donors (Lipinski definition) is 1. The summed E-state index contributed by atoms with van der Waals surface area (Å²) in [5, 5.41) is 9.85. The summed E-state index contributed by atoms with van der Waals surface area (Å²) in [5.41, 5.74) is 2.64. The molecule has 7 nitrogen and oxygen atoms in total. The van der Waals surface area contributed by atoms with Crippen molar-refractivity contribution in [2.24, 2.45) is 11.7 Å². The van der Waals surface area contributed by atoms with Gasteiger partial charge in [-0.3, -0.25) is 9.59 Å². The summed E-state index contributed by atoms with van der Waals surface area (Å²) >= 11 is 0. The van der Waals surface area contributed by atoms with Gasteiger partial charge in [0, 0.05) is 19.0 Å². The van der Waals surface area contributed by atoms with E-state index in [2.05, 4.69) is 11.0 Å². The lowest BCUT2D eigenvalue weighted by Gasteiger charge is -2.36. The van der Waals surface area contributed by atoms with Gasteiger partial charge in [-0.1, -0.05) is 38.1 Å². The monoisotopic (exact) mass is 554 g/mol. The standard InChI is InChI=1S/C31H40F2N4O3/c1-3-30(32,4-2)21-36-16-12-22(13-17-36)20-40-27-11-10-23(18-24(27)19-34)25-8-5-6-14-31(25,33)29(39)37-15-7-9-26(37)28(35)38/h5-6,8,10-11,14,18,22,25-26H,3-4,7,9,12-13,15-17,20-21H2,1-2H3,(H2,35,38). The number of halogens is 2. The third kappa shape index (κ3) is 6.22. The van der Waals surface area contributed by atoms with Crippen molar-refractivity contribution in [3.63, 3.8) is 0 Å². The Bertz CT molecular complexity index is 1180. The maximum Gasteiger partial charge on any atom is 0.265 e. The number of nitrogens with two attached hydrogens (primary N) is 1. The first-order valence-corrected chi connectivity index (χ1v) is 14.4. The fourth-order valence-electron chi connectivity index (χ4n) is 6.05. The number of nitriles is 1.